The predicted octanol–water partition coefficient (Wildman–Crippen LogP) is 1.07. The van der Waals surface area contributed by atoms with Crippen molar-refractivity contribution in [2.24, 2.45) is 0 Å². The Morgan fingerprint density at radius 1 is 1.33 bits per heavy atom. The van der Waals surface area contributed by atoms with E-state index < -0.39 is 6.10 Å². The fraction of sp³-hybridized carbons (Fsp3) is 0.417. The summed E-state index contributed by atoms with van der Waals surface area (Å²) >= 11 is 0. The normalized spacial score (nSPS) is 12.2. The first kappa shape index (κ1) is 11.7. The molecule has 1 aromatic carbocycles. The zero-order chi connectivity index (χ0) is 11.3. The Labute approximate surface area is 90.3 Å². The van der Waals surface area contributed by atoms with Crippen molar-refractivity contribution in [3.05, 3.63) is 35.9 Å². The highest BCUT2D eigenvalue weighted by Gasteiger charge is 2.16. The highest BCUT2D eigenvalue weighted by Crippen LogP contribution is 2.06. The van der Waals surface area contributed by atoms with Crippen molar-refractivity contribution < 1.29 is 9.90 Å². The molecule has 1 rings (SSSR count). The van der Waals surface area contributed by atoms with Crippen molar-refractivity contribution in [1.82, 2.24) is 4.90 Å². The highest BCUT2D eigenvalue weighted by molar-refractivity contribution is 5.80. The van der Waals surface area contributed by atoms with Crippen molar-refractivity contribution in [3.63, 3.8) is 0 Å². The molecule has 0 aliphatic carbocycles. The van der Waals surface area contributed by atoms with Crippen LogP contribution in [0, 0.1) is 0 Å². The minimum Gasteiger partial charge on any atom is -0.383 e. The van der Waals surface area contributed by atoms with Crippen LogP contribution in [0.3, 0.4) is 0 Å². The van der Waals surface area contributed by atoms with Gasteiger partial charge in [0.05, 0.1) is 0 Å². The average Bonchev–Trinajstić information content (AvgIpc) is 2.26. The average molecular weight is 207 g/mol. The van der Waals surface area contributed by atoms with Crippen LogP contribution in [0.4, 0.5) is 0 Å². The van der Waals surface area contributed by atoms with Gasteiger partial charge in [-0.05, 0) is 18.4 Å². The number of amides is 1. The topological polar surface area (TPSA) is 40.5 Å². The summed E-state index contributed by atoms with van der Waals surface area (Å²) in [6.07, 6.45) is 0.308. The van der Waals surface area contributed by atoms with Crippen LogP contribution >= 0.6 is 0 Å². The Morgan fingerprint density at radius 2 is 1.93 bits per heavy atom. The molecule has 3 heteroatoms. The summed E-state index contributed by atoms with van der Waals surface area (Å²) < 4.78 is 0. The monoisotopic (exact) mass is 207 g/mol. The third-order valence-electron chi connectivity index (χ3n) is 2.28. The predicted molar refractivity (Wildman–Crippen MR) is 59.5 cm³/mol. The van der Waals surface area contributed by atoms with Crippen LogP contribution in [0.5, 0.6) is 0 Å². The second-order valence-electron chi connectivity index (χ2n) is 3.77. The number of likely N-dealkylation sites (N-methyl/N-ethyl adjacent to an activating group) is 1. The van der Waals surface area contributed by atoms with E-state index in [1.165, 1.54) is 4.90 Å². The maximum Gasteiger partial charge on any atom is 0.250 e. The second kappa shape index (κ2) is 5.51. The molecule has 1 N–H and O–H groups in total. The number of aliphatic hydroxyl groups excluding tert-OH is 1. The third kappa shape index (κ3) is 3.72. The molecule has 0 unspecified atom stereocenters. The van der Waals surface area contributed by atoms with E-state index in [1.54, 1.807) is 14.1 Å². The molecule has 0 bridgehead atoms. The van der Waals surface area contributed by atoms with Gasteiger partial charge < -0.3 is 10.0 Å². The minimum atomic E-state index is -0.889. The van der Waals surface area contributed by atoms with Crippen molar-refractivity contribution in [1.29, 1.82) is 0 Å². The molecule has 0 aromatic heterocycles. The molecule has 0 aliphatic rings. The molecule has 1 aromatic rings. The fourth-order valence-corrected chi connectivity index (χ4v) is 1.37. The van der Waals surface area contributed by atoms with Gasteiger partial charge in [0.2, 0.25) is 0 Å². The lowest BCUT2D eigenvalue weighted by molar-refractivity contribution is -0.137. The molecule has 15 heavy (non-hydrogen) atoms. The van der Waals surface area contributed by atoms with Crippen LogP contribution in [0.15, 0.2) is 30.3 Å². The molecule has 0 saturated carbocycles. The van der Waals surface area contributed by atoms with Crippen LogP contribution in [0.25, 0.3) is 0 Å². The number of hydrogen-bond donors (Lipinski definition) is 1. The van der Waals surface area contributed by atoms with Crippen molar-refractivity contribution in [3.8, 4) is 0 Å². The zero-order valence-corrected chi connectivity index (χ0v) is 9.18. The van der Waals surface area contributed by atoms with E-state index in [4.69, 9.17) is 0 Å². The molecule has 0 heterocycles. The fourth-order valence-electron chi connectivity index (χ4n) is 1.37. The third-order valence-corrected chi connectivity index (χ3v) is 2.28. The Kier molecular flexibility index (Phi) is 4.31. The number of aliphatic hydroxyl groups is 1. The van der Waals surface area contributed by atoms with E-state index in [9.17, 15) is 9.90 Å². The molecule has 1 atom stereocenters. The van der Waals surface area contributed by atoms with E-state index >= 15 is 0 Å². The molecule has 0 fully saturated rings. The summed E-state index contributed by atoms with van der Waals surface area (Å²) in [7, 11) is 3.29. The summed E-state index contributed by atoms with van der Waals surface area (Å²) in [4.78, 5) is 12.8. The van der Waals surface area contributed by atoms with Gasteiger partial charge in [0.15, 0.2) is 0 Å². The van der Waals surface area contributed by atoms with Gasteiger partial charge in [0.25, 0.3) is 5.91 Å². The van der Waals surface area contributed by atoms with E-state index in [-0.39, 0.29) is 5.91 Å². The van der Waals surface area contributed by atoms with Gasteiger partial charge in [0.1, 0.15) is 6.10 Å². The zero-order valence-electron chi connectivity index (χ0n) is 9.18. The van der Waals surface area contributed by atoms with Crippen LogP contribution in [0.1, 0.15) is 12.0 Å². The molecular formula is C12H17NO2. The van der Waals surface area contributed by atoms with Crippen molar-refractivity contribution >= 4 is 5.91 Å². The summed E-state index contributed by atoms with van der Waals surface area (Å²) in [6, 6.07) is 9.84. The molecule has 82 valence electrons. The molecule has 1 amide bonds. The van der Waals surface area contributed by atoms with Gasteiger partial charge in [-0.3, -0.25) is 4.79 Å². The van der Waals surface area contributed by atoms with Gasteiger partial charge in [0, 0.05) is 14.1 Å². The number of carbonyl (C=O) groups is 1. The van der Waals surface area contributed by atoms with E-state index in [1.807, 2.05) is 30.3 Å². The van der Waals surface area contributed by atoms with Crippen LogP contribution in [0.2, 0.25) is 0 Å². The molecule has 0 saturated heterocycles. The van der Waals surface area contributed by atoms with Gasteiger partial charge in [-0.1, -0.05) is 30.3 Å². The van der Waals surface area contributed by atoms with E-state index in [0.717, 1.165) is 12.0 Å². The number of aryl methyl sites for hydroxylation is 1. The maximum absolute atomic E-state index is 11.3. The number of nitrogens with zero attached hydrogens (tertiary/aromatic N) is 1. The number of carbonyl (C=O) groups excluding carboxylic acids is 1. The highest BCUT2D eigenvalue weighted by atomic mass is 16.3. The van der Waals surface area contributed by atoms with Gasteiger partial charge in [-0.25, -0.2) is 0 Å². The van der Waals surface area contributed by atoms with Gasteiger partial charge >= 0.3 is 0 Å². The largest absolute Gasteiger partial charge is 0.383 e. The summed E-state index contributed by atoms with van der Waals surface area (Å²) in [5.41, 5.74) is 1.14. The summed E-state index contributed by atoms with van der Waals surface area (Å²) in [5, 5.41) is 9.56. The van der Waals surface area contributed by atoms with Crippen LogP contribution in [-0.4, -0.2) is 36.1 Å². The first-order valence-corrected chi connectivity index (χ1v) is 5.04. The Balaban J connectivity index is 2.41. The Morgan fingerprint density at radius 3 is 2.47 bits per heavy atom. The standard InChI is InChI=1S/C12H17NO2/c1-13(2)12(15)11(14)9-8-10-6-4-3-5-7-10/h3-7,11,14H,8-9H2,1-2H3/t11-/m1/s1. The van der Waals surface area contributed by atoms with E-state index in [2.05, 4.69) is 0 Å². The van der Waals surface area contributed by atoms with Crippen molar-refractivity contribution in [2.75, 3.05) is 14.1 Å². The minimum absolute atomic E-state index is 0.231. The lowest BCUT2D eigenvalue weighted by atomic mass is 10.1. The summed E-state index contributed by atoms with van der Waals surface area (Å²) in [6.45, 7) is 0. The Hall–Kier alpha value is -1.35. The number of benzene rings is 1. The number of hydrogen-bond acceptors (Lipinski definition) is 2. The summed E-state index contributed by atoms with van der Waals surface area (Å²) in [5.74, 6) is -0.231. The first-order valence-electron chi connectivity index (χ1n) is 5.04. The Bertz CT molecular complexity index is 309. The van der Waals surface area contributed by atoms with Crippen molar-refractivity contribution in [2.45, 2.75) is 18.9 Å². The molecule has 0 aliphatic heterocycles. The maximum atomic E-state index is 11.3. The smallest absolute Gasteiger partial charge is 0.250 e. The quantitative estimate of drug-likeness (QED) is 0.802. The first-order chi connectivity index (χ1) is 7.11. The SMILES string of the molecule is CN(C)C(=O)[C@H](O)CCc1ccccc1. The second-order valence-corrected chi connectivity index (χ2v) is 3.77. The van der Waals surface area contributed by atoms with Crippen LogP contribution < -0.4 is 0 Å². The van der Waals surface area contributed by atoms with Crippen LogP contribution in [-0.2, 0) is 11.2 Å². The molecule has 3 nitrogen and oxygen atoms in total. The molecule has 0 spiro atoms. The van der Waals surface area contributed by atoms with E-state index in [0.29, 0.717) is 6.42 Å². The molecular weight excluding hydrogens is 190 g/mol. The molecule has 0 radical (unpaired) electrons. The lowest BCUT2D eigenvalue weighted by Gasteiger charge is -2.15. The lowest BCUT2D eigenvalue weighted by Crippen LogP contribution is -2.33. The van der Waals surface area contributed by atoms with Gasteiger partial charge in [-0.15, -0.1) is 0 Å². The number of rotatable bonds is 4. The van der Waals surface area contributed by atoms with Gasteiger partial charge in [-0.2, -0.15) is 0 Å².